The van der Waals surface area contributed by atoms with Gasteiger partial charge in [0.1, 0.15) is 5.84 Å². The van der Waals surface area contributed by atoms with Crippen LogP contribution in [0, 0.1) is 0 Å². The monoisotopic (exact) mass is 398 g/mol. The minimum absolute atomic E-state index is 0.189. The van der Waals surface area contributed by atoms with Crippen LogP contribution in [-0.4, -0.2) is 22.4 Å². The Morgan fingerprint density at radius 1 is 1.17 bits per heavy atom. The van der Waals surface area contributed by atoms with Crippen molar-refractivity contribution in [1.82, 2.24) is 15.4 Å². The molecule has 0 saturated heterocycles. The van der Waals surface area contributed by atoms with Crippen LogP contribution in [0.3, 0.4) is 0 Å². The van der Waals surface area contributed by atoms with Gasteiger partial charge in [0.05, 0.1) is 17.3 Å². The normalized spacial score (nSPS) is 20.2. The molecule has 0 amide bonds. The number of pyridine rings is 1. The van der Waals surface area contributed by atoms with Crippen molar-refractivity contribution < 1.29 is 13.2 Å². The van der Waals surface area contributed by atoms with E-state index in [2.05, 4.69) is 21.5 Å². The second-order valence-electron chi connectivity index (χ2n) is 7.04. The number of nitrogens with one attached hydrogen (secondary N) is 1. The summed E-state index contributed by atoms with van der Waals surface area (Å²) < 4.78 is 39.4. The van der Waals surface area contributed by atoms with Crippen LogP contribution in [-0.2, 0) is 12.6 Å². The van der Waals surface area contributed by atoms with Crippen LogP contribution in [0.2, 0.25) is 0 Å². The first kappa shape index (κ1) is 19.2. The third-order valence-corrected chi connectivity index (χ3v) is 5.03. The van der Waals surface area contributed by atoms with Crippen molar-refractivity contribution in [2.24, 2.45) is 4.99 Å². The number of halogens is 3. The van der Waals surface area contributed by atoms with Crippen LogP contribution >= 0.6 is 0 Å². The molecule has 3 heterocycles. The summed E-state index contributed by atoms with van der Waals surface area (Å²) in [6.07, 6.45) is 7.46. The Bertz CT molecular complexity index is 948. The van der Waals surface area contributed by atoms with Gasteiger partial charge in [-0.05, 0) is 60.7 Å². The van der Waals surface area contributed by atoms with Gasteiger partial charge in [-0.3, -0.25) is 20.4 Å². The number of hydrogen-bond acceptors (Lipinski definition) is 3. The molecule has 1 aromatic heterocycles. The van der Waals surface area contributed by atoms with Crippen molar-refractivity contribution in [1.29, 1.82) is 0 Å². The third-order valence-electron chi connectivity index (χ3n) is 5.03. The summed E-state index contributed by atoms with van der Waals surface area (Å²) in [6.45, 7) is 0.597. The number of rotatable bonds is 4. The van der Waals surface area contributed by atoms with E-state index >= 15 is 0 Å². The summed E-state index contributed by atoms with van der Waals surface area (Å²) in [5, 5.41) is 1.92. The first-order chi connectivity index (χ1) is 14.0. The fraction of sp³-hybridized carbons (Fsp3) is 0.273. The number of nitrogens with zero attached hydrogens (tertiary/aromatic N) is 3. The molecule has 2 aliphatic heterocycles. The fourth-order valence-electron chi connectivity index (χ4n) is 3.59. The highest BCUT2D eigenvalue weighted by Gasteiger charge is 2.33. The summed E-state index contributed by atoms with van der Waals surface area (Å²) in [6, 6.07) is 9.29. The lowest BCUT2D eigenvalue weighted by Crippen LogP contribution is -2.46. The summed E-state index contributed by atoms with van der Waals surface area (Å²) >= 11 is 0. The molecular formula is C22H21F3N4. The lowest BCUT2D eigenvalue weighted by atomic mass is 9.95. The molecule has 4 nitrogen and oxygen atoms in total. The van der Waals surface area contributed by atoms with E-state index in [1.807, 2.05) is 35.5 Å². The topological polar surface area (TPSA) is 40.5 Å². The van der Waals surface area contributed by atoms with Crippen LogP contribution < -0.4 is 5.43 Å². The van der Waals surface area contributed by atoms with E-state index in [0.717, 1.165) is 36.6 Å². The zero-order valence-electron chi connectivity index (χ0n) is 15.7. The van der Waals surface area contributed by atoms with Crippen molar-refractivity contribution in [3.63, 3.8) is 0 Å². The average molecular weight is 398 g/mol. The molecule has 4 rings (SSSR count). The van der Waals surface area contributed by atoms with E-state index in [1.165, 1.54) is 12.1 Å². The molecule has 7 heteroatoms. The molecule has 150 valence electrons. The van der Waals surface area contributed by atoms with E-state index in [9.17, 15) is 13.2 Å². The Hall–Kier alpha value is -3.09. The number of amidine groups is 1. The number of fused-ring (bicyclic) bond motifs is 1. The van der Waals surface area contributed by atoms with Gasteiger partial charge in [0, 0.05) is 18.9 Å². The number of hydrazine groups is 1. The van der Waals surface area contributed by atoms with Gasteiger partial charge in [-0.1, -0.05) is 24.3 Å². The molecule has 29 heavy (non-hydrogen) atoms. The quantitative estimate of drug-likeness (QED) is 0.802. The molecule has 2 aliphatic rings. The minimum atomic E-state index is -4.35. The molecular weight excluding hydrogens is 377 g/mol. The second-order valence-corrected chi connectivity index (χ2v) is 7.04. The first-order valence-corrected chi connectivity index (χ1v) is 9.55. The lowest BCUT2D eigenvalue weighted by molar-refractivity contribution is -0.137. The van der Waals surface area contributed by atoms with Crippen molar-refractivity contribution in [3.05, 3.63) is 89.4 Å². The molecule has 1 N–H and O–H groups in total. The van der Waals surface area contributed by atoms with Crippen molar-refractivity contribution >= 4 is 5.84 Å². The molecule has 1 aromatic carbocycles. The molecule has 0 saturated carbocycles. The zero-order chi connectivity index (χ0) is 20.3. The van der Waals surface area contributed by atoms with Gasteiger partial charge in [-0.15, -0.1) is 0 Å². The van der Waals surface area contributed by atoms with E-state index < -0.39 is 11.7 Å². The van der Waals surface area contributed by atoms with Crippen molar-refractivity contribution in [3.8, 4) is 0 Å². The number of benzene rings is 1. The third kappa shape index (κ3) is 4.50. The Kier molecular flexibility index (Phi) is 5.38. The maximum absolute atomic E-state index is 13.1. The Labute approximate surface area is 167 Å². The highest BCUT2D eigenvalue weighted by atomic mass is 19.4. The van der Waals surface area contributed by atoms with Gasteiger partial charge in [0.15, 0.2) is 0 Å². The maximum atomic E-state index is 13.1. The average Bonchev–Trinajstić information content (AvgIpc) is 2.73. The van der Waals surface area contributed by atoms with Crippen LogP contribution in [0.1, 0.15) is 35.6 Å². The summed E-state index contributed by atoms with van der Waals surface area (Å²) in [7, 11) is 0. The highest BCUT2D eigenvalue weighted by molar-refractivity contribution is 5.94. The van der Waals surface area contributed by atoms with Crippen LogP contribution in [0.15, 0.2) is 77.7 Å². The number of aliphatic imine (C=N–C) groups is 1. The van der Waals surface area contributed by atoms with Crippen molar-refractivity contribution in [2.75, 3.05) is 6.54 Å². The fourth-order valence-corrected chi connectivity index (χ4v) is 3.59. The Morgan fingerprint density at radius 2 is 2.07 bits per heavy atom. The summed E-state index contributed by atoms with van der Waals surface area (Å²) in [5.41, 5.74) is 5.36. The molecule has 0 bridgehead atoms. The van der Waals surface area contributed by atoms with Crippen LogP contribution in [0.5, 0.6) is 0 Å². The minimum Gasteiger partial charge on any atom is -0.281 e. The van der Waals surface area contributed by atoms with Gasteiger partial charge in [-0.2, -0.15) is 13.2 Å². The maximum Gasteiger partial charge on any atom is 0.416 e. The SMILES string of the molecule is FC(F)(F)c1cccc(C2CCC=C3C=CC(=NCCc4cccnc4)NN32)c1. The predicted molar refractivity (Wildman–Crippen MR) is 106 cm³/mol. The smallest absolute Gasteiger partial charge is 0.281 e. The van der Waals surface area contributed by atoms with E-state index in [0.29, 0.717) is 17.9 Å². The van der Waals surface area contributed by atoms with Gasteiger partial charge >= 0.3 is 6.18 Å². The van der Waals surface area contributed by atoms with Crippen LogP contribution in [0.25, 0.3) is 0 Å². The molecule has 0 aliphatic carbocycles. The first-order valence-electron chi connectivity index (χ1n) is 9.55. The molecule has 1 unspecified atom stereocenters. The predicted octanol–water partition coefficient (Wildman–Crippen LogP) is 4.84. The molecule has 0 fully saturated rings. The largest absolute Gasteiger partial charge is 0.416 e. The van der Waals surface area contributed by atoms with Gasteiger partial charge in [-0.25, -0.2) is 0 Å². The molecule has 0 radical (unpaired) electrons. The zero-order valence-corrected chi connectivity index (χ0v) is 15.7. The van der Waals surface area contributed by atoms with Gasteiger partial charge in [0.25, 0.3) is 0 Å². The number of hydrogen-bond donors (Lipinski definition) is 1. The van der Waals surface area contributed by atoms with Crippen molar-refractivity contribution in [2.45, 2.75) is 31.5 Å². The molecule has 1 atom stereocenters. The summed E-state index contributed by atoms with van der Waals surface area (Å²) in [4.78, 5) is 8.69. The summed E-state index contributed by atoms with van der Waals surface area (Å²) in [5.74, 6) is 0.699. The highest BCUT2D eigenvalue weighted by Crippen LogP contribution is 2.36. The number of alkyl halides is 3. The van der Waals surface area contributed by atoms with E-state index in [-0.39, 0.29) is 6.04 Å². The van der Waals surface area contributed by atoms with Crippen LogP contribution in [0.4, 0.5) is 13.2 Å². The standard InChI is InChI=1S/C22H21F3N4/c23-22(24,25)18-6-1-5-17(14-18)20-8-2-7-19-9-10-21(28-29(19)20)27-13-11-16-4-3-12-26-15-16/h1,3-7,9-10,12,14-15,20H,2,8,11,13H2,(H,27,28). The van der Waals surface area contributed by atoms with Gasteiger partial charge in [0.2, 0.25) is 0 Å². The Balaban J connectivity index is 1.51. The lowest BCUT2D eigenvalue weighted by Gasteiger charge is -2.40. The number of aromatic nitrogens is 1. The van der Waals surface area contributed by atoms with E-state index in [1.54, 1.807) is 12.3 Å². The Morgan fingerprint density at radius 3 is 2.86 bits per heavy atom. The molecule has 2 aromatic rings. The number of allylic oxidation sites excluding steroid dienone is 2. The molecule has 0 spiro atoms. The second kappa shape index (κ2) is 8.11. The van der Waals surface area contributed by atoms with Gasteiger partial charge < -0.3 is 0 Å². The van der Waals surface area contributed by atoms with E-state index in [4.69, 9.17) is 0 Å².